The van der Waals surface area contributed by atoms with Gasteiger partial charge in [-0.1, -0.05) is 12.1 Å². The fourth-order valence-corrected chi connectivity index (χ4v) is 4.81. The summed E-state index contributed by atoms with van der Waals surface area (Å²) in [6, 6.07) is 6.97. The number of rotatable bonds is 6. The first-order chi connectivity index (χ1) is 14.6. The maximum absolute atomic E-state index is 13.8. The summed E-state index contributed by atoms with van der Waals surface area (Å²) in [4.78, 5) is 47.6. The number of esters is 4. The van der Waals surface area contributed by atoms with Crippen molar-refractivity contribution < 1.29 is 46.5 Å². The molecule has 0 aliphatic rings. The van der Waals surface area contributed by atoms with Gasteiger partial charge < -0.3 is 18.9 Å². The third-order valence-corrected chi connectivity index (χ3v) is 6.14. The lowest BCUT2D eigenvalue weighted by Crippen LogP contribution is -2.22. The van der Waals surface area contributed by atoms with Crippen LogP contribution in [0.3, 0.4) is 0 Å². The Bertz CT molecular complexity index is 1010. The van der Waals surface area contributed by atoms with Crippen LogP contribution in [0.5, 0.6) is 0 Å². The largest absolute Gasteiger partial charge is 0.465 e. The van der Waals surface area contributed by atoms with Gasteiger partial charge >= 0.3 is 23.9 Å². The molecule has 0 N–H and O–H groups in total. The van der Waals surface area contributed by atoms with Crippen LogP contribution in [0.15, 0.2) is 46.2 Å². The summed E-state index contributed by atoms with van der Waals surface area (Å²) in [5.41, 5.74) is -2.00. The van der Waals surface area contributed by atoms with Crippen molar-refractivity contribution in [3.05, 3.63) is 58.7 Å². The van der Waals surface area contributed by atoms with Crippen LogP contribution in [-0.4, -0.2) is 60.7 Å². The molecule has 2 rings (SSSR count). The van der Waals surface area contributed by atoms with Gasteiger partial charge in [0.2, 0.25) is 9.84 Å². The zero-order valence-corrected chi connectivity index (χ0v) is 17.8. The zero-order valence-electron chi connectivity index (χ0n) is 17.0. The van der Waals surface area contributed by atoms with E-state index in [1.54, 1.807) is 0 Å². The Labute approximate surface area is 177 Å². The molecule has 0 unspecified atom stereocenters. The molecule has 2 aromatic carbocycles. The molecule has 0 aliphatic heterocycles. The Kier molecular flexibility index (Phi) is 7.13. The summed E-state index contributed by atoms with van der Waals surface area (Å²) in [5.74, 6) is -4.28. The molecule has 0 aromatic heterocycles. The number of carbonyl (C=O) groups excluding carboxylic acids is 4. The van der Waals surface area contributed by atoms with E-state index >= 15 is 0 Å². The van der Waals surface area contributed by atoms with Gasteiger partial charge in [-0.15, -0.1) is 0 Å². The van der Waals surface area contributed by atoms with E-state index in [0.717, 1.165) is 52.7 Å². The molecule has 0 atom stereocenters. The van der Waals surface area contributed by atoms with E-state index in [-0.39, 0.29) is 0 Å². The lowest BCUT2D eigenvalue weighted by Gasteiger charge is -2.17. The summed E-state index contributed by atoms with van der Waals surface area (Å²) in [7, 11) is -0.807. The minimum atomic E-state index is -4.89. The van der Waals surface area contributed by atoms with Gasteiger partial charge in [-0.25, -0.2) is 27.6 Å². The highest BCUT2D eigenvalue weighted by atomic mass is 32.2. The quantitative estimate of drug-likeness (QED) is 0.471. The van der Waals surface area contributed by atoms with Crippen molar-refractivity contribution in [2.24, 2.45) is 0 Å². The van der Waals surface area contributed by atoms with Crippen LogP contribution in [0.2, 0.25) is 0 Å². The number of sulfone groups is 1. The third kappa shape index (κ3) is 4.26. The normalized spacial score (nSPS) is 10.7. The number of ether oxygens (including phenoxy) is 4. The molecule has 0 fully saturated rings. The molecule has 0 radical (unpaired) electrons. The smallest absolute Gasteiger partial charge is 0.339 e. The molecule has 164 valence electrons. The van der Waals surface area contributed by atoms with Gasteiger partial charge in [-0.05, 0) is 24.3 Å². The number of hydrogen-bond acceptors (Lipinski definition) is 10. The van der Waals surface area contributed by atoms with Crippen molar-refractivity contribution in [1.29, 1.82) is 0 Å². The van der Waals surface area contributed by atoms with Crippen LogP contribution in [0, 0.1) is 0 Å². The van der Waals surface area contributed by atoms with Crippen molar-refractivity contribution in [2.45, 2.75) is 9.79 Å². The predicted octanol–water partition coefficient (Wildman–Crippen LogP) is 1.67. The van der Waals surface area contributed by atoms with Crippen LogP contribution in [0.1, 0.15) is 41.4 Å². The van der Waals surface area contributed by atoms with Gasteiger partial charge in [-0.3, -0.25) is 0 Å². The highest BCUT2D eigenvalue weighted by molar-refractivity contribution is 7.91. The van der Waals surface area contributed by atoms with E-state index in [2.05, 4.69) is 18.9 Å². The highest BCUT2D eigenvalue weighted by Gasteiger charge is 2.37. The summed E-state index contributed by atoms with van der Waals surface area (Å²) in [6.45, 7) is 0. The van der Waals surface area contributed by atoms with Crippen LogP contribution in [0.25, 0.3) is 0 Å². The lowest BCUT2D eigenvalue weighted by atomic mass is 10.1. The van der Waals surface area contributed by atoms with Gasteiger partial charge in [0, 0.05) is 0 Å². The Morgan fingerprint density at radius 3 is 0.968 bits per heavy atom. The molecule has 11 heteroatoms. The van der Waals surface area contributed by atoms with E-state index in [4.69, 9.17) is 0 Å². The van der Waals surface area contributed by atoms with Gasteiger partial charge in [0.15, 0.2) is 0 Å². The van der Waals surface area contributed by atoms with Crippen LogP contribution >= 0.6 is 0 Å². The first-order valence-electron chi connectivity index (χ1n) is 8.50. The van der Waals surface area contributed by atoms with Crippen LogP contribution in [-0.2, 0) is 28.8 Å². The maximum atomic E-state index is 13.8. The Balaban J connectivity index is 3.07. The third-order valence-electron chi connectivity index (χ3n) is 4.19. The zero-order chi connectivity index (χ0) is 23.3. The molecule has 2 aromatic rings. The number of benzene rings is 2. The molecular formula is C20H18O10S. The van der Waals surface area contributed by atoms with E-state index in [0.29, 0.717) is 0 Å². The van der Waals surface area contributed by atoms with E-state index in [9.17, 15) is 27.6 Å². The monoisotopic (exact) mass is 450 g/mol. The number of methoxy groups -OCH3 is 4. The molecule has 0 saturated heterocycles. The lowest BCUT2D eigenvalue weighted by molar-refractivity contribution is 0.0575. The second kappa shape index (κ2) is 9.39. The van der Waals surface area contributed by atoms with Crippen molar-refractivity contribution >= 4 is 33.7 Å². The van der Waals surface area contributed by atoms with Gasteiger partial charge in [-0.2, -0.15) is 0 Å². The number of hydrogen-bond donors (Lipinski definition) is 0. The summed E-state index contributed by atoms with van der Waals surface area (Å²) in [6.07, 6.45) is 0. The second-order valence-corrected chi connectivity index (χ2v) is 7.66. The molecule has 0 spiro atoms. The van der Waals surface area contributed by atoms with Crippen LogP contribution < -0.4 is 0 Å². The van der Waals surface area contributed by atoms with Crippen LogP contribution in [0.4, 0.5) is 0 Å². The fourth-order valence-electron chi connectivity index (χ4n) is 2.84. The Morgan fingerprint density at radius 1 is 0.548 bits per heavy atom. The van der Waals surface area contributed by atoms with Crippen molar-refractivity contribution in [3.8, 4) is 0 Å². The molecule has 0 bridgehead atoms. The summed E-state index contributed by atoms with van der Waals surface area (Å²) in [5, 5.41) is 0. The molecular weight excluding hydrogens is 432 g/mol. The van der Waals surface area contributed by atoms with Crippen molar-refractivity contribution in [3.63, 3.8) is 0 Å². The van der Waals surface area contributed by atoms with Gasteiger partial charge in [0.05, 0.1) is 50.7 Å². The molecule has 31 heavy (non-hydrogen) atoms. The molecule has 0 aliphatic carbocycles. The number of carbonyl (C=O) groups is 4. The summed E-state index contributed by atoms with van der Waals surface area (Å²) < 4.78 is 46.1. The van der Waals surface area contributed by atoms with E-state index < -0.39 is 65.8 Å². The second-order valence-electron chi connectivity index (χ2n) is 5.83. The predicted molar refractivity (Wildman–Crippen MR) is 104 cm³/mol. The maximum Gasteiger partial charge on any atom is 0.339 e. The average Bonchev–Trinajstić information content (AvgIpc) is 2.80. The molecule has 0 amide bonds. The Morgan fingerprint density at radius 2 is 0.774 bits per heavy atom. The van der Waals surface area contributed by atoms with E-state index in [1.165, 1.54) is 12.1 Å². The molecule has 0 heterocycles. The fraction of sp³-hybridized carbons (Fsp3) is 0.200. The SMILES string of the molecule is COC(=O)c1cccc(C(=O)OC)c1S(=O)(=O)c1c(C(=O)OC)cccc1C(=O)OC. The van der Waals surface area contributed by atoms with Gasteiger partial charge in [0.25, 0.3) is 0 Å². The van der Waals surface area contributed by atoms with Crippen molar-refractivity contribution in [1.82, 2.24) is 0 Å². The molecule has 0 saturated carbocycles. The first kappa shape index (κ1) is 23.5. The first-order valence-corrected chi connectivity index (χ1v) is 9.98. The minimum absolute atomic E-state index is 0.499. The highest BCUT2D eigenvalue weighted by Crippen LogP contribution is 2.33. The standard InChI is InChI=1S/C20H18O10S/c1-27-17(21)11-7-5-8-12(18(22)28-2)15(11)31(25,26)16-13(19(23)29-3)9-6-10-14(16)20(24)30-4/h5-10H,1-4H3. The minimum Gasteiger partial charge on any atom is -0.465 e. The van der Waals surface area contributed by atoms with Gasteiger partial charge in [0.1, 0.15) is 9.79 Å². The van der Waals surface area contributed by atoms with E-state index in [1.807, 2.05) is 0 Å². The average molecular weight is 450 g/mol. The summed E-state index contributed by atoms with van der Waals surface area (Å²) >= 11 is 0. The molecule has 10 nitrogen and oxygen atoms in total. The Hall–Kier alpha value is -3.73. The topological polar surface area (TPSA) is 139 Å². The van der Waals surface area contributed by atoms with Crippen molar-refractivity contribution in [2.75, 3.05) is 28.4 Å².